The topological polar surface area (TPSA) is 648 Å². The van der Waals surface area contributed by atoms with Gasteiger partial charge in [-0.1, -0.05) is 18.2 Å². The predicted molar refractivity (Wildman–Crippen MR) is 366 cm³/mol. The van der Waals surface area contributed by atoms with Crippen molar-refractivity contribution in [1.82, 2.24) is 0 Å². The van der Waals surface area contributed by atoms with Crippen LogP contribution in [0.3, 0.4) is 0 Å². The fourth-order valence-corrected chi connectivity index (χ4v) is 12.0. The highest BCUT2D eigenvalue weighted by Gasteiger charge is 2.54. The van der Waals surface area contributed by atoms with E-state index in [9.17, 15) is 132 Å². The number of ether oxygens (including phenoxy) is 13. The van der Waals surface area contributed by atoms with Gasteiger partial charge in [0, 0.05) is 36.4 Å². The number of hydrogen-bond acceptors (Lipinski definition) is 39. The molecule has 5 aromatic carbocycles. The summed E-state index contributed by atoms with van der Waals surface area (Å²) in [5.74, 6) is -9.45. The summed E-state index contributed by atoms with van der Waals surface area (Å²) in [5, 5.41) is 245. The lowest BCUT2D eigenvalue weighted by Gasteiger charge is -2.45. The second-order valence-corrected chi connectivity index (χ2v) is 26.1. The quantitative estimate of drug-likeness (QED) is 0.00847. The van der Waals surface area contributed by atoms with Gasteiger partial charge in [0.2, 0.25) is 30.9 Å². The van der Waals surface area contributed by atoms with E-state index >= 15 is 0 Å². The number of benzene rings is 5. The summed E-state index contributed by atoms with van der Waals surface area (Å²) >= 11 is 0. The standard InChI is InChI=1S/C72H78O40/c73-22-44-52(85)57(90)62(95)69(107-44)104-41-20-31(75)19-40-32(41)21-43(66(102-40)30-7-10-34(77)37(80)18-30)106-72-67(112-71-65(98)60(93)55(88)47(110-71)25-100-51(84)14-6-29-2-9-35(78)42(17-29)105-70-63(96)58(91)53(86)45(23-74)108-70)61(94)56(89)48(111-72)26-101-50(83)13-5-28-3-11-39(38(81)16-28)103-68-64(97)59(92)54(87)46(109-68)24-99-49(82)12-4-27-1-8-33(76)36(79)15-27/h1-21,44-48,52-65,67-74,85-98H,22-26H2,(H6-,75,76,77,78,79,80,81,82,84)/p+1/b13-5+/t44-,45-,46+,47-,48+,52-,53-,54-,55-,56-,57+,58+,59+,60+,61+,62-,63-,64-,65-,67-,68-,69-,70-,71+,72-/m1/s1. The normalized spacial score (nSPS) is 32.3. The largest absolute Gasteiger partial charge is 0.507 e. The molecule has 1 aromatic heterocycles. The number of fused-ring (bicyclic) bond motifs is 1. The Morgan fingerprint density at radius 2 is 0.741 bits per heavy atom. The number of esters is 3. The third-order valence-corrected chi connectivity index (χ3v) is 18.4. The second-order valence-electron chi connectivity index (χ2n) is 26.1. The van der Waals surface area contributed by atoms with E-state index in [1.165, 1.54) is 36.4 Å². The summed E-state index contributed by atoms with van der Waals surface area (Å²) in [6.07, 6.45) is -42.1. The van der Waals surface area contributed by atoms with Gasteiger partial charge in [-0.2, -0.15) is 0 Å². The third-order valence-electron chi connectivity index (χ3n) is 18.4. The second kappa shape index (κ2) is 35.8. The van der Waals surface area contributed by atoms with Crippen LogP contribution in [0.1, 0.15) is 16.7 Å². The molecule has 40 heteroatoms. The molecule has 606 valence electrons. The van der Waals surface area contributed by atoms with Gasteiger partial charge in [0.1, 0.15) is 153 Å². The molecule has 5 saturated heterocycles. The van der Waals surface area contributed by atoms with Gasteiger partial charge in [-0.25, -0.2) is 18.8 Å². The monoisotopic (exact) mass is 1580 g/mol. The molecule has 0 saturated carbocycles. The highest BCUT2D eigenvalue weighted by molar-refractivity contribution is 5.90. The maximum absolute atomic E-state index is 13.5. The molecule has 0 radical (unpaired) electrons. The Hall–Kier alpha value is -9.94. The van der Waals surface area contributed by atoms with Gasteiger partial charge in [-0.15, -0.1) is 0 Å². The van der Waals surface area contributed by atoms with Crippen molar-refractivity contribution < 1.29 is 198 Å². The van der Waals surface area contributed by atoms with Crippen molar-refractivity contribution in [2.24, 2.45) is 0 Å². The van der Waals surface area contributed by atoms with Gasteiger partial charge in [-0.3, -0.25) is 0 Å². The van der Waals surface area contributed by atoms with Gasteiger partial charge in [0.15, 0.2) is 58.4 Å². The molecular weight excluding hydrogens is 1500 g/mol. The summed E-state index contributed by atoms with van der Waals surface area (Å²) in [4.78, 5) is 39.3. The summed E-state index contributed by atoms with van der Waals surface area (Å²) in [6.45, 7) is -4.28. The Balaban J connectivity index is 0.819. The Morgan fingerprint density at radius 1 is 0.348 bits per heavy atom. The number of carbonyl (C=O) groups excluding carboxylic acids is 3. The first-order valence-corrected chi connectivity index (χ1v) is 34.0. The van der Waals surface area contributed by atoms with Gasteiger partial charge >= 0.3 is 29.3 Å². The zero-order chi connectivity index (χ0) is 80.8. The van der Waals surface area contributed by atoms with Crippen LogP contribution in [0.5, 0.6) is 63.2 Å². The molecule has 11 rings (SSSR count). The smallest absolute Gasteiger partial charge is 0.402 e. The number of phenols is 7. The molecule has 23 N–H and O–H groups in total. The molecule has 5 aliphatic heterocycles. The van der Waals surface area contributed by atoms with Crippen molar-refractivity contribution in [3.8, 4) is 74.6 Å². The number of hydrogen-bond donors (Lipinski definition) is 23. The SMILES string of the molecule is O=C(C=Cc1ccc(O)c(O)c1)OC[C@@H]1O[C@@H](Oc2ccc(/C=C/C(=O)OC[C@@H]3O[C@@H](Oc4cc5c(O[C@@H]6O[C@H](CO)[C@@H](O)[C@H](O)[C@H]6O)cc(O)cc5[o+]c4-c4ccc(O)c(O)c4)[C@H](O[C@@H]4O[C@H](COC(=O)C=Cc5ccc(O)c(O[C@@H]6O[C@H](CO)[C@@H](O)[C@H](O)[C@H]6O)c5)[C@@H](O)[C@H](O)[C@H]4O)[C@@H](O)[C@@H]3O)cc2O)[C@H](O)[C@@H](O)[C@@H]1O. The van der Waals surface area contributed by atoms with E-state index in [4.69, 9.17) is 66.0 Å². The molecular formula is C72H79O40+. The van der Waals surface area contributed by atoms with E-state index < -0.39 is 262 Å². The van der Waals surface area contributed by atoms with E-state index in [-0.39, 0.29) is 39.2 Å². The zero-order valence-electron chi connectivity index (χ0n) is 57.8. The average Bonchev–Trinajstić information content (AvgIpc) is 0.760. The first-order chi connectivity index (χ1) is 53.3. The maximum Gasteiger partial charge on any atom is 0.402 e. The molecule has 6 aromatic rings. The minimum Gasteiger partial charge on any atom is -0.507 e. The van der Waals surface area contributed by atoms with Gasteiger partial charge < -0.3 is 179 Å². The van der Waals surface area contributed by atoms with E-state index in [2.05, 4.69) is 0 Å². The lowest BCUT2D eigenvalue weighted by atomic mass is 9.97. The molecule has 0 bridgehead atoms. The molecule has 25 atom stereocenters. The van der Waals surface area contributed by atoms with Crippen LogP contribution < -0.4 is 18.9 Å². The number of aliphatic hydroxyl groups is 16. The van der Waals surface area contributed by atoms with Crippen LogP contribution in [0, 0.1) is 0 Å². The van der Waals surface area contributed by atoms with Crippen molar-refractivity contribution >= 4 is 47.1 Å². The minimum absolute atomic E-state index is 0.0743. The van der Waals surface area contributed by atoms with Crippen LogP contribution in [-0.2, 0) is 57.0 Å². The predicted octanol–water partition coefficient (Wildman–Crippen LogP) is -4.35. The Bertz CT molecular complexity index is 4380. The molecule has 5 aliphatic rings. The summed E-state index contributed by atoms with van der Waals surface area (Å²) in [6, 6.07) is 17.0. The average molecular weight is 1580 g/mol. The summed E-state index contributed by atoms with van der Waals surface area (Å²) in [7, 11) is 0. The lowest BCUT2D eigenvalue weighted by Crippen LogP contribution is -2.65. The molecule has 6 heterocycles. The van der Waals surface area contributed by atoms with Gasteiger partial charge in [-0.05, 0) is 83.4 Å². The fraction of sp³-hybridized carbons (Fsp3) is 0.417. The summed E-state index contributed by atoms with van der Waals surface area (Å²) in [5.41, 5.74) is 0.0687. The highest BCUT2D eigenvalue weighted by atomic mass is 16.8. The Kier molecular flexibility index (Phi) is 26.6. The number of aliphatic hydroxyl groups excluding tert-OH is 16. The van der Waals surface area contributed by atoms with Gasteiger partial charge in [0.05, 0.1) is 24.8 Å². The molecule has 40 nitrogen and oxygen atoms in total. The van der Waals surface area contributed by atoms with Crippen LogP contribution in [-0.4, -0.2) is 322 Å². The zero-order valence-corrected chi connectivity index (χ0v) is 57.8. The van der Waals surface area contributed by atoms with Gasteiger partial charge in [0.25, 0.3) is 0 Å². The number of phenolic OH excluding ortho intramolecular Hbond substituents is 7. The first-order valence-electron chi connectivity index (χ1n) is 34.0. The molecule has 0 aliphatic carbocycles. The maximum atomic E-state index is 13.5. The van der Waals surface area contributed by atoms with Crippen molar-refractivity contribution in [3.05, 3.63) is 126 Å². The molecule has 112 heavy (non-hydrogen) atoms. The molecule has 5 fully saturated rings. The fourth-order valence-electron chi connectivity index (χ4n) is 12.0. The molecule has 0 amide bonds. The van der Waals surface area contributed by atoms with Crippen LogP contribution >= 0.6 is 0 Å². The van der Waals surface area contributed by atoms with Crippen LogP contribution in [0.2, 0.25) is 0 Å². The van der Waals surface area contributed by atoms with Crippen LogP contribution in [0.15, 0.2) is 114 Å². The van der Waals surface area contributed by atoms with Crippen molar-refractivity contribution in [2.75, 3.05) is 33.0 Å². The minimum atomic E-state index is -2.33. The van der Waals surface area contributed by atoms with Crippen molar-refractivity contribution in [3.63, 3.8) is 0 Å². The molecule has 0 unspecified atom stereocenters. The van der Waals surface area contributed by atoms with E-state index in [1.54, 1.807) is 0 Å². The van der Waals surface area contributed by atoms with Crippen molar-refractivity contribution in [1.29, 1.82) is 0 Å². The number of rotatable bonds is 25. The third kappa shape index (κ3) is 18.9. The van der Waals surface area contributed by atoms with Crippen LogP contribution in [0.25, 0.3) is 40.5 Å². The van der Waals surface area contributed by atoms with E-state index in [0.717, 1.165) is 91.0 Å². The molecule has 0 spiro atoms. The first kappa shape index (κ1) is 83.0. The Labute approximate surface area is 630 Å². The lowest BCUT2D eigenvalue weighted by molar-refractivity contribution is -0.358. The Morgan fingerprint density at radius 3 is 1.23 bits per heavy atom. The number of aromatic hydroxyl groups is 7. The van der Waals surface area contributed by atoms with Crippen LogP contribution in [0.4, 0.5) is 0 Å². The van der Waals surface area contributed by atoms with Crippen molar-refractivity contribution in [2.45, 2.75) is 154 Å². The number of carbonyl (C=O) groups is 3. The highest BCUT2D eigenvalue weighted by Crippen LogP contribution is 2.45. The summed E-state index contributed by atoms with van der Waals surface area (Å²) < 4.78 is 80.2. The van der Waals surface area contributed by atoms with E-state index in [0.29, 0.717) is 5.56 Å². The van der Waals surface area contributed by atoms with E-state index in [1.807, 2.05) is 0 Å².